The Balaban J connectivity index is -0.000000120. The normalized spacial score (nSPS) is 15.2. The minimum atomic E-state index is -1.06. The third-order valence-electron chi connectivity index (χ3n) is 1.68. The van der Waals surface area contributed by atoms with Crippen LogP contribution in [0.25, 0.3) is 0 Å². The van der Waals surface area contributed by atoms with Gasteiger partial charge in [-0.1, -0.05) is 0 Å². The number of nitrogens with one attached hydrogen (secondary N) is 1. The lowest BCUT2D eigenvalue weighted by Gasteiger charge is -2.11. The summed E-state index contributed by atoms with van der Waals surface area (Å²) >= 11 is 7.42. The molecule has 18 heavy (non-hydrogen) atoms. The van der Waals surface area contributed by atoms with Crippen LogP contribution in [0.5, 0.6) is 0 Å². The Morgan fingerprint density at radius 3 is 1.94 bits per heavy atom. The molecule has 0 aliphatic heterocycles. The zero-order chi connectivity index (χ0) is 16.7. The average molecular weight is 310 g/mol. The highest BCUT2D eigenvalue weighted by atomic mass is 32.1. The minimum Gasteiger partial charge on any atom is -0.480 e. The second-order valence-corrected chi connectivity index (χ2v) is 4.00. The molecule has 0 aliphatic carbocycles. The van der Waals surface area contributed by atoms with Crippen LogP contribution in [0.4, 0.5) is 0 Å². The molecule has 5 N–H and O–H groups in total. The monoisotopic (exact) mass is 310 g/mol. The van der Waals surface area contributed by atoms with Gasteiger partial charge in [-0.15, -0.1) is 0 Å². The molecule has 0 saturated heterocycles. The minimum absolute atomic E-state index is 0. The Kier molecular flexibility index (Phi) is 11.3. The van der Waals surface area contributed by atoms with Gasteiger partial charge in [0, 0.05) is 22.8 Å². The van der Waals surface area contributed by atoms with Gasteiger partial charge in [0.05, 0.1) is 12.7 Å². The summed E-state index contributed by atoms with van der Waals surface area (Å²) in [7, 11) is 0. The molecule has 9 heteroatoms. The molecule has 0 bridgehead atoms. The molecule has 1 amide bonds. The van der Waals surface area contributed by atoms with Crippen molar-refractivity contribution in [2.24, 2.45) is 0 Å². The summed E-state index contributed by atoms with van der Waals surface area (Å²) in [6.45, 7) is 0.848. The fraction of sp³-hybridized carbons (Fsp3) is 0.778. The van der Waals surface area contributed by atoms with Crippen molar-refractivity contribution in [2.75, 3.05) is 18.1 Å². The summed E-state index contributed by atoms with van der Waals surface area (Å²) in [5, 5.41) is 36.0. The van der Waals surface area contributed by atoms with Crippen molar-refractivity contribution in [1.82, 2.24) is 5.32 Å². The van der Waals surface area contributed by atoms with Gasteiger partial charge in [-0.3, -0.25) is 4.79 Å². The number of thiol groups is 2. The number of amides is 1. The molecule has 112 valence electrons. The van der Waals surface area contributed by atoms with Crippen LogP contribution in [0.15, 0.2) is 0 Å². The smallest absolute Gasteiger partial charge is 0.327 e. The van der Waals surface area contributed by atoms with Crippen molar-refractivity contribution in [3.8, 4) is 0 Å². The van der Waals surface area contributed by atoms with E-state index in [1.165, 1.54) is 6.92 Å². The van der Waals surface area contributed by atoms with Gasteiger partial charge in [-0.2, -0.15) is 25.3 Å². The number of hydrogen-bond acceptors (Lipinski definition) is 7. The van der Waals surface area contributed by atoms with Crippen molar-refractivity contribution in [1.29, 1.82) is 0 Å². The Morgan fingerprint density at radius 2 is 1.83 bits per heavy atom. The number of hydrogen-bond donors (Lipinski definition) is 7. The highest BCUT2D eigenvalue weighted by Gasteiger charge is 2.15. The molecular weight excluding hydrogens is 282 g/mol. The van der Waals surface area contributed by atoms with Crippen molar-refractivity contribution in [3.63, 3.8) is 0 Å². The largest absolute Gasteiger partial charge is 0.480 e. The molecule has 0 aromatic heterocycles. The number of aliphatic hydroxyl groups excluding tert-OH is 3. The first-order valence-electron chi connectivity index (χ1n) is 5.98. The fourth-order valence-corrected chi connectivity index (χ4v) is 1.17. The van der Waals surface area contributed by atoms with Gasteiger partial charge < -0.3 is 25.7 Å². The highest BCUT2D eigenvalue weighted by molar-refractivity contribution is 7.80. The summed E-state index contributed by atoms with van der Waals surface area (Å²) < 4.78 is 10.0. The lowest BCUT2D eigenvalue weighted by Crippen LogP contribution is -2.40. The van der Waals surface area contributed by atoms with E-state index < -0.39 is 30.8 Å². The molecule has 0 saturated carbocycles. The molecule has 0 radical (unpaired) electrons. The van der Waals surface area contributed by atoms with E-state index in [1.807, 2.05) is 0 Å². The number of aliphatic carboxylic acids is 1. The number of carboxylic acid groups (broad SMARTS) is 1. The molecule has 7 nitrogen and oxygen atoms in total. The molecule has 0 unspecified atom stereocenters. The quantitative estimate of drug-likeness (QED) is 0.303. The molecule has 0 aliphatic rings. The van der Waals surface area contributed by atoms with E-state index in [9.17, 15) is 9.59 Å². The van der Waals surface area contributed by atoms with Gasteiger partial charge in [-0.05, 0) is 0 Å². The van der Waals surface area contributed by atoms with E-state index in [0.717, 1.165) is 0 Å². The number of carbonyl (C=O) groups is 2. The van der Waals surface area contributed by atoms with Gasteiger partial charge in [0.2, 0.25) is 5.91 Å². The second-order valence-electron chi connectivity index (χ2n) is 3.27. The van der Waals surface area contributed by atoms with Crippen LogP contribution in [0.3, 0.4) is 0 Å². The SMILES string of the molecule is CC(=O)N[C@@H](CS)C(=O)O.OC[C@@H](O)[C@H](O)CS.[2H][3H].[3HH]. The van der Waals surface area contributed by atoms with Crippen LogP contribution in [-0.4, -0.2) is 68.7 Å². The van der Waals surface area contributed by atoms with Crippen LogP contribution >= 0.6 is 25.3 Å². The van der Waals surface area contributed by atoms with Crippen LogP contribution < -0.4 is 5.32 Å². The molecule has 0 spiro atoms. The highest BCUT2D eigenvalue weighted by Crippen LogP contribution is 1.93. The van der Waals surface area contributed by atoms with Crippen molar-refractivity contribution in [3.05, 3.63) is 0 Å². The van der Waals surface area contributed by atoms with E-state index in [4.69, 9.17) is 23.4 Å². The Hall–Kier alpha value is -0.480. The van der Waals surface area contributed by atoms with Gasteiger partial charge >= 0.3 is 5.97 Å². The van der Waals surface area contributed by atoms with E-state index in [-0.39, 0.29) is 18.8 Å². The Morgan fingerprint density at radius 1 is 1.33 bits per heavy atom. The molecule has 0 aromatic carbocycles. The number of aliphatic hydroxyl groups is 3. The topological polar surface area (TPSA) is 127 Å². The standard InChI is InChI=1S/C5H9NO3S.C4H10O3S.2H2/c1-3(7)6-4(2-10)5(8)9;5-1-3(6)4(7)2-8;;/h4,10H,2H2,1H3,(H,6,7)(H,8,9);3-8H,1-2H2;2*1H/t4-;3-,4-;;/m01../s1/i;;1+2D;1+2. The summed E-state index contributed by atoms with van der Waals surface area (Å²) in [4.78, 5) is 20.5. The molecular formula is C9H23NO6S2. The maximum Gasteiger partial charge on any atom is 0.327 e. The first kappa shape index (κ1) is 17.5. The maximum absolute atomic E-state index is 10.3. The van der Waals surface area contributed by atoms with Crippen LogP contribution in [0.2, 0.25) is 0 Å². The molecule has 0 rings (SSSR count). The summed E-state index contributed by atoms with van der Waals surface area (Å²) in [5.74, 6) is -1.15. The zero-order valence-electron chi connectivity index (χ0n) is 11.9. The van der Waals surface area contributed by atoms with E-state index in [0.29, 0.717) is 0 Å². The van der Waals surface area contributed by atoms with Crippen molar-refractivity contribution < 1.29 is 34.4 Å². The van der Waals surface area contributed by atoms with Gasteiger partial charge in [-0.25, -0.2) is 4.79 Å². The van der Waals surface area contributed by atoms with Crippen LogP contribution in [-0.2, 0) is 9.59 Å². The third-order valence-corrected chi connectivity index (χ3v) is 2.42. The van der Waals surface area contributed by atoms with E-state index >= 15 is 0 Å². The van der Waals surface area contributed by atoms with Gasteiger partial charge in [0.25, 0.3) is 0 Å². The van der Waals surface area contributed by atoms with Crippen molar-refractivity contribution >= 4 is 37.1 Å². The molecule has 0 aromatic rings. The van der Waals surface area contributed by atoms with Crippen LogP contribution in [0.1, 0.15) is 11.3 Å². The third kappa shape index (κ3) is 10.7. The molecule has 0 fully saturated rings. The molecule has 0 heterocycles. The maximum atomic E-state index is 10.3. The summed E-state index contributed by atoms with van der Waals surface area (Å²) in [5.41, 5.74) is 0. The van der Waals surface area contributed by atoms with E-state index in [1.54, 1.807) is 0 Å². The predicted molar refractivity (Wildman–Crippen MR) is 76.3 cm³/mol. The van der Waals surface area contributed by atoms with Crippen molar-refractivity contribution in [2.45, 2.75) is 25.2 Å². The lowest BCUT2D eigenvalue weighted by molar-refractivity contribution is -0.140. The first-order valence-corrected chi connectivity index (χ1v) is 6.25. The summed E-state index contributed by atoms with van der Waals surface area (Å²) in [6, 6.07) is -0.874. The Labute approximate surface area is 121 Å². The number of rotatable bonds is 6. The number of carboxylic acids is 1. The second kappa shape index (κ2) is 11.6. The zero-order valence-corrected chi connectivity index (χ0v) is 11.6. The van der Waals surface area contributed by atoms with Gasteiger partial charge in [0.15, 0.2) is 0 Å². The van der Waals surface area contributed by atoms with Gasteiger partial charge in [0.1, 0.15) is 12.1 Å². The summed E-state index contributed by atoms with van der Waals surface area (Å²) in [6.07, 6.45) is -1.96. The van der Waals surface area contributed by atoms with Crippen LogP contribution in [0, 0.1) is 0 Å². The van der Waals surface area contributed by atoms with E-state index in [2.05, 4.69) is 30.6 Å². The number of carbonyl (C=O) groups excluding carboxylic acids is 1. The Bertz CT molecular complexity index is 258. The molecule has 3 atom stereocenters. The average Bonchev–Trinajstić information content (AvgIpc) is 2.45. The predicted octanol–water partition coefficient (Wildman–Crippen LogP) is -1.37. The lowest BCUT2D eigenvalue weighted by atomic mass is 10.2. The fourth-order valence-electron chi connectivity index (χ4n) is 0.674. The first-order chi connectivity index (χ1) is 9.29.